The maximum atomic E-state index is 12.4. The molecule has 0 radical (unpaired) electrons. The molecule has 4 heteroatoms. The van der Waals surface area contributed by atoms with Crippen molar-refractivity contribution < 1.29 is 15.3 Å². The van der Waals surface area contributed by atoms with Gasteiger partial charge in [-0.15, -0.1) is 0 Å². The van der Waals surface area contributed by atoms with Gasteiger partial charge in [0.25, 0.3) is 0 Å². The van der Waals surface area contributed by atoms with Gasteiger partial charge in [0.1, 0.15) is 0 Å². The van der Waals surface area contributed by atoms with Crippen LogP contribution in [0.15, 0.2) is 18.2 Å². The van der Waals surface area contributed by atoms with Gasteiger partial charge in [0.15, 0.2) is 0 Å². The summed E-state index contributed by atoms with van der Waals surface area (Å²) in [7, 11) is 5.36. The van der Waals surface area contributed by atoms with E-state index in [-0.39, 0.29) is 16.8 Å². The van der Waals surface area contributed by atoms with Gasteiger partial charge in [-0.1, -0.05) is 0 Å². The molecule has 11 heavy (non-hydrogen) atoms. The summed E-state index contributed by atoms with van der Waals surface area (Å²) in [5, 5.41) is 0. The van der Waals surface area contributed by atoms with Crippen LogP contribution in [0.25, 0.3) is 0 Å². The first-order chi connectivity index (χ1) is 4.20. The Bertz CT molecular complexity index is 228. The molecule has 0 aliphatic carbocycles. The van der Waals surface area contributed by atoms with Crippen LogP contribution in [0, 0.1) is 12.7 Å². The molecule has 1 aromatic rings. The molecule has 0 saturated heterocycles. The molecule has 0 spiro atoms. The van der Waals surface area contributed by atoms with Crippen molar-refractivity contribution in [1.29, 1.82) is 0 Å². The van der Waals surface area contributed by atoms with Crippen molar-refractivity contribution in [3.63, 3.8) is 0 Å². The van der Waals surface area contributed by atoms with Crippen LogP contribution in [0.4, 0.5) is 4.39 Å². The van der Waals surface area contributed by atoms with Crippen LogP contribution >= 0.6 is 0 Å². The van der Waals surface area contributed by atoms with Gasteiger partial charge >= 0.3 is 54.2 Å². The first kappa shape index (κ1) is 12.8. The zero-order chi connectivity index (χ0) is 6.85. The Hall–Kier alpha value is -0.865. The summed E-state index contributed by atoms with van der Waals surface area (Å²) in [4.78, 5) is 0. The normalized spacial score (nSPS) is 8.00. The number of rotatable bonds is 0. The van der Waals surface area contributed by atoms with Gasteiger partial charge in [0, 0.05) is 0 Å². The van der Waals surface area contributed by atoms with Crippen molar-refractivity contribution in [2.75, 3.05) is 0 Å². The fraction of sp³-hybridized carbons (Fsp3) is 0.143. The fourth-order valence-electron chi connectivity index (χ4n) is 0.668. The molecule has 0 heterocycles. The second-order valence-corrected chi connectivity index (χ2v) is 2.01. The first-order valence-electron chi connectivity index (χ1n) is 2.72. The third-order valence-electron chi connectivity index (χ3n) is 1.18. The molecular formula is C7H8BFO2. The van der Waals surface area contributed by atoms with Crippen LogP contribution < -0.4 is 5.46 Å². The Kier molecular flexibility index (Phi) is 5.66. The molecule has 0 bridgehead atoms. The summed E-state index contributed by atoms with van der Waals surface area (Å²) >= 11 is 0. The van der Waals surface area contributed by atoms with Crippen LogP contribution in [-0.4, -0.2) is 18.8 Å². The minimum Gasteiger partial charge on any atom is -0.870 e. The van der Waals surface area contributed by atoms with Gasteiger partial charge < -0.3 is 11.0 Å². The van der Waals surface area contributed by atoms with Gasteiger partial charge in [0.05, 0.1) is 0 Å². The minimum absolute atomic E-state index is 0. The monoisotopic (exact) mass is 154 g/mol. The van der Waals surface area contributed by atoms with Crippen molar-refractivity contribution in [3.8, 4) is 0 Å². The van der Waals surface area contributed by atoms with E-state index in [4.69, 9.17) is 7.85 Å². The van der Waals surface area contributed by atoms with Crippen molar-refractivity contribution in [1.82, 2.24) is 0 Å². The topological polar surface area (TPSA) is 60.0 Å². The average Bonchev–Trinajstić information content (AvgIpc) is 1.80. The SMILES string of the molecule is [B+2]c1ccc(F)c(C)c1.[OH-].[OH-]. The molecule has 0 saturated carbocycles. The van der Waals surface area contributed by atoms with Gasteiger partial charge in [-0.05, 0) is 0 Å². The van der Waals surface area contributed by atoms with Crippen LogP contribution in [0.1, 0.15) is 5.56 Å². The third-order valence-corrected chi connectivity index (χ3v) is 1.18. The zero-order valence-electron chi connectivity index (χ0n) is 6.08. The number of hydrogen-bond donors (Lipinski definition) is 0. The molecule has 0 aromatic heterocycles. The Morgan fingerprint density at radius 1 is 1.27 bits per heavy atom. The number of halogens is 1. The second-order valence-electron chi connectivity index (χ2n) is 2.01. The van der Waals surface area contributed by atoms with Crippen molar-refractivity contribution in [2.45, 2.75) is 6.92 Å². The van der Waals surface area contributed by atoms with Gasteiger partial charge in [-0.25, -0.2) is 0 Å². The molecule has 2 N–H and O–H groups in total. The largest absolute Gasteiger partial charge is 0.870 e. The average molecular weight is 154 g/mol. The molecule has 0 atom stereocenters. The standard InChI is InChI=1S/C7H6BF.2H2O/c1-5-4-6(8)2-3-7(5)9;;/h2-4H,1H3;2*1H2/q+2;;/p-2. The van der Waals surface area contributed by atoms with E-state index in [1.807, 2.05) is 0 Å². The van der Waals surface area contributed by atoms with E-state index in [1.54, 1.807) is 19.1 Å². The van der Waals surface area contributed by atoms with Crippen LogP contribution in [0.2, 0.25) is 0 Å². The molecule has 58 valence electrons. The first-order valence-corrected chi connectivity index (χ1v) is 2.72. The molecule has 0 fully saturated rings. The summed E-state index contributed by atoms with van der Waals surface area (Å²) in [6.45, 7) is 1.69. The third kappa shape index (κ3) is 3.16. The summed E-state index contributed by atoms with van der Waals surface area (Å²) in [5.74, 6) is -0.204. The smallest absolute Gasteiger partial charge is 0.870 e. The van der Waals surface area contributed by atoms with Gasteiger partial charge in [-0.2, -0.15) is 0 Å². The minimum atomic E-state index is -0.204. The Morgan fingerprint density at radius 2 is 1.82 bits per heavy atom. The quantitative estimate of drug-likeness (QED) is 0.513. The summed E-state index contributed by atoms with van der Waals surface area (Å²) in [5.41, 5.74) is 1.20. The van der Waals surface area contributed by atoms with Crippen molar-refractivity contribution in [2.24, 2.45) is 0 Å². The summed E-state index contributed by atoms with van der Waals surface area (Å²) in [6, 6.07) is 4.52. The van der Waals surface area contributed by atoms with E-state index in [0.717, 1.165) is 0 Å². The van der Waals surface area contributed by atoms with E-state index >= 15 is 0 Å². The summed E-state index contributed by atoms with van der Waals surface area (Å²) < 4.78 is 12.4. The van der Waals surface area contributed by atoms with Crippen molar-refractivity contribution >= 4 is 13.3 Å². The molecule has 2 nitrogen and oxygen atoms in total. The molecule has 0 unspecified atom stereocenters. The van der Waals surface area contributed by atoms with Crippen LogP contribution in [0.3, 0.4) is 0 Å². The van der Waals surface area contributed by atoms with E-state index in [1.165, 1.54) is 6.07 Å². The second kappa shape index (κ2) is 4.88. The number of benzene rings is 1. The molecule has 1 rings (SSSR count). The van der Waals surface area contributed by atoms with Crippen LogP contribution in [0.5, 0.6) is 0 Å². The van der Waals surface area contributed by atoms with Crippen molar-refractivity contribution in [3.05, 3.63) is 29.6 Å². The fourth-order valence-corrected chi connectivity index (χ4v) is 0.668. The van der Waals surface area contributed by atoms with E-state index in [2.05, 4.69) is 0 Å². The molecule has 0 aliphatic heterocycles. The molecular weight excluding hydrogens is 146 g/mol. The zero-order valence-corrected chi connectivity index (χ0v) is 6.08. The molecule has 1 aromatic carbocycles. The Morgan fingerprint density at radius 3 is 2.18 bits per heavy atom. The summed E-state index contributed by atoms with van der Waals surface area (Å²) in [6.07, 6.45) is 0. The van der Waals surface area contributed by atoms with E-state index in [0.29, 0.717) is 11.0 Å². The molecule has 0 amide bonds. The van der Waals surface area contributed by atoms with E-state index in [9.17, 15) is 4.39 Å². The number of aryl methyl sites for hydroxylation is 1. The Labute approximate surface area is 66.1 Å². The number of hydrogen-bond acceptors (Lipinski definition) is 2. The van der Waals surface area contributed by atoms with Gasteiger partial charge in [0.2, 0.25) is 0 Å². The maximum Gasteiger partial charge on any atom is -0.870 e. The predicted molar refractivity (Wildman–Crippen MR) is 40.4 cm³/mol. The van der Waals surface area contributed by atoms with E-state index < -0.39 is 0 Å². The van der Waals surface area contributed by atoms with Gasteiger partial charge in [-0.3, -0.25) is 0 Å². The Balaban J connectivity index is 0. The van der Waals surface area contributed by atoms with Crippen LogP contribution in [-0.2, 0) is 0 Å². The maximum absolute atomic E-state index is 12.4. The molecule has 0 aliphatic rings. The predicted octanol–water partition coefficient (Wildman–Crippen LogP) is 0.574.